The topological polar surface area (TPSA) is 80.7 Å². The number of carbonyl (C=O) groups is 1. The van der Waals surface area contributed by atoms with E-state index in [0.717, 1.165) is 5.56 Å². The summed E-state index contributed by atoms with van der Waals surface area (Å²) in [5.41, 5.74) is 1.06. The minimum absolute atomic E-state index is 0.137. The van der Waals surface area contributed by atoms with Crippen LogP contribution in [0, 0.1) is 0 Å². The van der Waals surface area contributed by atoms with Crippen molar-refractivity contribution in [3.63, 3.8) is 0 Å². The Morgan fingerprint density at radius 3 is 2.67 bits per heavy atom. The normalized spacial score (nSPS) is 10.0. The van der Waals surface area contributed by atoms with Crippen LogP contribution in [0.2, 0.25) is 0 Å². The number of methoxy groups -OCH3 is 2. The number of nitrogens with zero attached hydrogens (tertiary/aromatic N) is 1. The molecule has 6 heteroatoms. The predicted molar refractivity (Wildman–Crippen MR) is 78.1 cm³/mol. The molecule has 2 aromatic rings. The van der Waals surface area contributed by atoms with Gasteiger partial charge < -0.3 is 19.9 Å². The zero-order chi connectivity index (χ0) is 15.2. The number of carboxylic acids is 1. The first-order valence-corrected chi connectivity index (χ1v) is 6.28. The fraction of sp³-hybridized carbons (Fsp3) is 0.200. The average molecular weight is 288 g/mol. The van der Waals surface area contributed by atoms with Gasteiger partial charge in [-0.3, -0.25) is 0 Å². The van der Waals surface area contributed by atoms with E-state index in [9.17, 15) is 4.79 Å². The highest BCUT2D eigenvalue weighted by Crippen LogP contribution is 2.27. The Morgan fingerprint density at radius 1 is 1.24 bits per heavy atom. The molecule has 0 fully saturated rings. The van der Waals surface area contributed by atoms with E-state index in [0.29, 0.717) is 23.9 Å². The van der Waals surface area contributed by atoms with Gasteiger partial charge in [0.05, 0.1) is 14.2 Å². The van der Waals surface area contributed by atoms with Crippen LogP contribution in [0.25, 0.3) is 0 Å². The summed E-state index contributed by atoms with van der Waals surface area (Å²) in [6, 6.07) is 8.59. The third-order valence-electron chi connectivity index (χ3n) is 2.95. The third-order valence-corrected chi connectivity index (χ3v) is 2.95. The molecule has 2 rings (SSSR count). The largest absolute Gasteiger partial charge is 0.493 e. The van der Waals surface area contributed by atoms with E-state index in [2.05, 4.69) is 10.3 Å². The minimum atomic E-state index is -1.02. The molecule has 1 aromatic heterocycles. The van der Waals surface area contributed by atoms with E-state index in [-0.39, 0.29) is 5.56 Å². The van der Waals surface area contributed by atoms with Gasteiger partial charge >= 0.3 is 5.97 Å². The molecule has 0 saturated heterocycles. The molecule has 2 N–H and O–H groups in total. The Labute approximate surface area is 122 Å². The van der Waals surface area contributed by atoms with Crippen molar-refractivity contribution >= 4 is 11.8 Å². The first-order valence-electron chi connectivity index (χ1n) is 6.28. The molecule has 0 unspecified atom stereocenters. The molecule has 0 aliphatic heterocycles. The number of hydrogen-bond donors (Lipinski definition) is 2. The van der Waals surface area contributed by atoms with Crippen molar-refractivity contribution in [2.45, 2.75) is 6.54 Å². The smallest absolute Gasteiger partial charge is 0.339 e. The molecule has 21 heavy (non-hydrogen) atoms. The summed E-state index contributed by atoms with van der Waals surface area (Å²) < 4.78 is 10.4. The van der Waals surface area contributed by atoms with Gasteiger partial charge in [-0.2, -0.15) is 0 Å². The monoisotopic (exact) mass is 288 g/mol. The fourth-order valence-electron chi connectivity index (χ4n) is 1.90. The highest BCUT2D eigenvalue weighted by atomic mass is 16.5. The molecular weight excluding hydrogens is 272 g/mol. The standard InChI is InChI=1S/C15H16N2O4/c1-20-12-6-5-10(8-13(12)21-2)9-17-14-11(15(18)19)4-3-7-16-14/h3-8H,9H2,1-2H3,(H,16,17)(H,18,19). The van der Waals surface area contributed by atoms with Crippen molar-refractivity contribution in [3.05, 3.63) is 47.7 Å². The summed E-state index contributed by atoms with van der Waals surface area (Å²) in [7, 11) is 3.14. The molecule has 110 valence electrons. The lowest BCUT2D eigenvalue weighted by molar-refractivity contribution is 0.0697. The van der Waals surface area contributed by atoms with Crippen LogP contribution < -0.4 is 14.8 Å². The third kappa shape index (κ3) is 3.42. The van der Waals surface area contributed by atoms with Gasteiger partial charge in [0.25, 0.3) is 0 Å². The summed E-state index contributed by atoms with van der Waals surface area (Å²) in [6.45, 7) is 0.428. The number of aromatic carboxylic acids is 1. The summed E-state index contributed by atoms with van der Waals surface area (Å²) in [4.78, 5) is 15.1. The summed E-state index contributed by atoms with van der Waals surface area (Å²) in [5, 5.41) is 12.1. The van der Waals surface area contributed by atoms with Crippen LogP contribution in [0.3, 0.4) is 0 Å². The average Bonchev–Trinajstić information content (AvgIpc) is 2.52. The Bertz CT molecular complexity index is 643. The van der Waals surface area contributed by atoms with Crippen molar-refractivity contribution in [2.24, 2.45) is 0 Å². The van der Waals surface area contributed by atoms with Crippen molar-refractivity contribution < 1.29 is 19.4 Å². The molecule has 0 amide bonds. The van der Waals surface area contributed by atoms with Gasteiger partial charge in [0.15, 0.2) is 11.5 Å². The second-order valence-electron chi connectivity index (χ2n) is 4.25. The summed E-state index contributed by atoms with van der Waals surface area (Å²) >= 11 is 0. The van der Waals surface area contributed by atoms with Gasteiger partial charge in [0, 0.05) is 12.7 Å². The van der Waals surface area contributed by atoms with Crippen molar-refractivity contribution in [1.29, 1.82) is 0 Å². The number of ether oxygens (including phenoxy) is 2. The predicted octanol–water partition coefficient (Wildman–Crippen LogP) is 2.41. The zero-order valence-corrected chi connectivity index (χ0v) is 11.8. The van der Waals surface area contributed by atoms with E-state index in [1.807, 2.05) is 12.1 Å². The molecule has 0 saturated carbocycles. The Hall–Kier alpha value is -2.76. The van der Waals surface area contributed by atoms with E-state index in [1.54, 1.807) is 32.5 Å². The second-order valence-corrected chi connectivity index (χ2v) is 4.25. The second kappa shape index (κ2) is 6.60. The summed E-state index contributed by atoms with van der Waals surface area (Å²) in [6.07, 6.45) is 1.55. The van der Waals surface area contributed by atoms with E-state index < -0.39 is 5.97 Å². The van der Waals surface area contributed by atoms with Crippen LogP contribution in [0.5, 0.6) is 11.5 Å². The Morgan fingerprint density at radius 2 is 2.00 bits per heavy atom. The minimum Gasteiger partial charge on any atom is -0.493 e. The number of aromatic nitrogens is 1. The molecule has 0 radical (unpaired) electrons. The molecule has 1 aromatic carbocycles. The number of anilines is 1. The van der Waals surface area contributed by atoms with E-state index >= 15 is 0 Å². The molecule has 0 aliphatic rings. The number of nitrogens with one attached hydrogen (secondary N) is 1. The zero-order valence-electron chi connectivity index (χ0n) is 11.8. The van der Waals surface area contributed by atoms with Gasteiger partial charge in [-0.25, -0.2) is 9.78 Å². The van der Waals surface area contributed by atoms with Gasteiger partial charge in [-0.1, -0.05) is 6.07 Å². The van der Waals surface area contributed by atoms with Crippen molar-refractivity contribution in [3.8, 4) is 11.5 Å². The molecule has 0 spiro atoms. The first-order chi connectivity index (χ1) is 10.2. The van der Waals surface area contributed by atoms with Gasteiger partial charge in [-0.05, 0) is 29.8 Å². The molecule has 6 nitrogen and oxygen atoms in total. The van der Waals surface area contributed by atoms with Gasteiger partial charge in [-0.15, -0.1) is 0 Å². The maximum atomic E-state index is 11.1. The van der Waals surface area contributed by atoms with Crippen molar-refractivity contribution in [2.75, 3.05) is 19.5 Å². The molecule has 0 atom stereocenters. The highest BCUT2D eigenvalue weighted by molar-refractivity contribution is 5.92. The SMILES string of the molecule is COc1ccc(CNc2ncccc2C(=O)O)cc1OC. The number of hydrogen-bond acceptors (Lipinski definition) is 5. The number of pyridine rings is 1. The van der Waals surface area contributed by atoms with Crippen molar-refractivity contribution in [1.82, 2.24) is 4.98 Å². The number of carboxylic acid groups (broad SMARTS) is 1. The lowest BCUT2D eigenvalue weighted by atomic mass is 10.2. The quantitative estimate of drug-likeness (QED) is 0.849. The lowest BCUT2D eigenvalue weighted by Crippen LogP contribution is -2.08. The Balaban J connectivity index is 2.15. The maximum Gasteiger partial charge on any atom is 0.339 e. The van der Waals surface area contributed by atoms with Gasteiger partial charge in [0.1, 0.15) is 11.4 Å². The number of benzene rings is 1. The van der Waals surface area contributed by atoms with Crippen LogP contribution >= 0.6 is 0 Å². The first kappa shape index (κ1) is 14.6. The maximum absolute atomic E-state index is 11.1. The highest BCUT2D eigenvalue weighted by Gasteiger charge is 2.10. The lowest BCUT2D eigenvalue weighted by Gasteiger charge is -2.11. The Kier molecular flexibility index (Phi) is 4.61. The molecule has 0 bridgehead atoms. The van der Waals surface area contributed by atoms with Gasteiger partial charge in [0.2, 0.25) is 0 Å². The molecule has 0 aliphatic carbocycles. The fourth-order valence-corrected chi connectivity index (χ4v) is 1.90. The summed E-state index contributed by atoms with van der Waals surface area (Å²) in [5.74, 6) is 0.583. The van der Waals surface area contributed by atoms with Crippen LogP contribution in [0.4, 0.5) is 5.82 Å². The molecular formula is C15H16N2O4. The number of rotatable bonds is 6. The molecule has 1 heterocycles. The van der Waals surface area contributed by atoms with E-state index in [4.69, 9.17) is 14.6 Å². The van der Waals surface area contributed by atoms with Crippen LogP contribution in [-0.4, -0.2) is 30.3 Å². The van der Waals surface area contributed by atoms with E-state index in [1.165, 1.54) is 6.07 Å². The van der Waals surface area contributed by atoms with Crippen LogP contribution in [0.1, 0.15) is 15.9 Å². The van der Waals surface area contributed by atoms with Crippen LogP contribution in [-0.2, 0) is 6.54 Å². The van der Waals surface area contributed by atoms with Crippen LogP contribution in [0.15, 0.2) is 36.5 Å².